The van der Waals surface area contributed by atoms with E-state index >= 15 is 0 Å². The van der Waals surface area contributed by atoms with Gasteiger partial charge in [0.05, 0.1) is 41.1 Å². The van der Waals surface area contributed by atoms with Crippen LogP contribution in [0.1, 0.15) is 43.9 Å². The number of allylic oxidation sites excluding steroid dienone is 1. The molecule has 2 amide bonds. The van der Waals surface area contributed by atoms with Crippen LogP contribution >= 0.6 is 0 Å². The average Bonchev–Trinajstić information content (AvgIpc) is 3.42. The molecule has 9 nitrogen and oxygen atoms in total. The number of anilines is 2. The molecular weight excluding hydrogens is 430 g/mol. The molecule has 9 heteroatoms. The Balaban J connectivity index is 1.38. The van der Waals surface area contributed by atoms with Gasteiger partial charge in [0.15, 0.2) is 0 Å². The summed E-state index contributed by atoms with van der Waals surface area (Å²) in [6, 6.07) is 4.13. The summed E-state index contributed by atoms with van der Waals surface area (Å²) < 4.78 is 1.95. The van der Waals surface area contributed by atoms with Crippen molar-refractivity contribution in [3.63, 3.8) is 0 Å². The number of pyridine rings is 2. The Hall–Kier alpha value is -4.01. The first-order valence-corrected chi connectivity index (χ1v) is 11.4. The van der Waals surface area contributed by atoms with Crippen molar-refractivity contribution in [3.8, 4) is 11.3 Å². The lowest BCUT2D eigenvalue weighted by Gasteiger charge is -2.31. The van der Waals surface area contributed by atoms with E-state index in [1.54, 1.807) is 31.7 Å². The quantitative estimate of drug-likeness (QED) is 0.580. The van der Waals surface area contributed by atoms with Crippen LogP contribution in [0, 0.1) is 6.92 Å². The van der Waals surface area contributed by atoms with Crippen LogP contribution in [0.4, 0.5) is 11.4 Å². The van der Waals surface area contributed by atoms with E-state index < -0.39 is 0 Å². The van der Waals surface area contributed by atoms with E-state index in [4.69, 9.17) is 0 Å². The van der Waals surface area contributed by atoms with Crippen molar-refractivity contribution in [2.45, 2.75) is 39.7 Å². The summed E-state index contributed by atoms with van der Waals surface area (Å²) in [4.78, 5) is 35.0. The molecule has 3 aromatic heterocycles. The number of carbonyl (C=O) groups is 2. The highest BCUT2D eigenvalue weighted by molar-refractivity contribution is 6.32. The van der Waals surface area contributed by atoms with Crippen molar-refractivity contribution < 1.29 is 9.59 Å². The highest BCUT2D eigenvalue weighted by Crippen LogP contribution is 2.36. The Bertz CT molecular complexity index is 1300. The van der Waals surface area contributed by atoms with Crippen LogP contribution in [0.25, 0.3) is 16.8 Å². The second-order valence-corrected chi connectivity index (χ2v) is 8.83. The van der Waals surface area contributed by atoms with E-state index in [1.165, 1.54) is 0 Å². The number of hydrogen-bond acceptors (Lipinski definition) is 6. The average molecular weight is 458 g/mol. The number of nitrogens with one attached hydrogen (secondary N) is 2. The van der Waals surface area contributed by atoms with Gasteiger partial charge in [-0.25, -0.2) is 0 Å². The molecule has 0 aliphatic carbocycles. The molecule has 3 aromatic rings. The first kappa shape index (κ1) is 21.8. The fraction of sp³-hybridized carbons (Fsp3) is 0.320. The highest BCUT2D eigenvalue weighted by atomic mass is 16.2. The number of piperidine rings is 1. The smallest absolute Gasteiger partial charge is 0.258 e. The molecule has 2 aliphatic rings. The van der Waals surface area contributed by atoms with Gasteiger partial charge in [-0.15, -0.1) is 0 Å². The van der Waals surface area contributed by atoms with Crippen LogP contribution in [0.2, 0.25) is 0 Å². The van der Waals surface area contributed by atoms with Gasteiger partial charge in [-0.1, -0.05) is 0 Å². The van der Waals surface area contributed by atoms with Crippen LogP contribution in [0.15, 0.2) is 48.8 Å². The molecule has 0 radical (unpaired) electrons. The fourth-order valence-corrected chi connectivity index (χ4v) is 4.65. The van der Waals surface area contributed by atoms with Gasteiger partial charge in [-0.2, -0.15) is 5.10 Å². The van der Waals surface area contributed by atoms with E-state index in [1.807, 2.05) is 41.8 Å². The van der Waals surface area contributed by atoms with Crippen LogP contribution in [0.5, 0.6) is 0 Å². The summed E-state index contributed by atoms with van der Waals surface area (Å²) in [5.74, 6) is -0.0402. The number of hydrogen-bond donors (Lipinski definition) is 2. The molecule has 1 fully saturated rings. The molecule has 5 heterocycles. The number of rotatable bonds is 4. The molecule has 174 valence electrons. The number of nitrogens with zero attached hydrogens (tertiary/aromatic N) is 5. The Morgan fingerprint density at radius 3 is 2.68 bits per heavy atom. The summed E-state index contributed by atoms with van der Waals surface area (Å²) in [5.41, 5.74) is 6.43. The lowest BCUT2D eigenvalue weighted by molar-refractivity contribution is -0.130. The van der Waals surface area contributed by atoms with Crippen molar-refractivity contribution in [2.24, 2.45) is 0 Å². The van der Waals surface area contributed by atoms with Crippen LogP contribution in [0.3, 0.4) is 0 Å². The number of aromatic nitrogens is 4. The van der Waals surface area contributed by atoms with Gasteiger partial charge < -0.3 is 15.5 Å². The van der Waals surface area contributed by atoms with Crippen molar-refractivity contribution >= 4 is 28.8 Å². The number of amides is 2. The maximum Gasteiger partial charge on any atom is 0.258 e. The molecule has 5 rings (SSSR count). The monoisotopic (exact) mass is 457 g/mol. The zero-order valence-corrected chi connectivity index (χ0v) is 19.5. The Labute approximate surface area is 197 Å². The molecule has 0 bridgehead atoms. The lowest BCUT2D eigenvalue weighted by atomic mass is 10.0. The van der Waals surface area contributed by atoms with E-state index in [0.29, 0.717) is 11.3 Å². The molecule has 34 heavy (non-hydrogen) atoms. The maximum atomic E-state index is 12.8. The van der Waals surface area contributed by atoms with Gasteiger partial charge in [0, 0.05) is 55.4 Å². The first-order valence-electron chi connectivity index (χ1n) is 11.4. The van der Waals surface area contributed by atoms with Crippen molar-refractivity contribution in [1.82, 2.24) is 24.6 Å². The summed E-state index contributed by atoms with van der Waals surface area (Å²) in [6.07, 6.45) is 10.7. The van der Waals surface area contributed by atoms with Crippen molar-refractivity contribution in [3.05, 3.63) is 59.9 Å². The predicted octanol–water partition coefficient (Wildman–Crippen LogP) is 3.63. The topological polar surface area (TPSA) is 105 Å². The van der Waals surface area contributed by atoms with E-state index in [2.05, 4.69) is 25.7 Å². The minimum absolute atomic E-state index is 0.121. The maximum absolute atomic E-state index is 12.8. The van der Waals surface area contributed by atoms with Crippen LogP contribution in [-0.2, 0) is 9.59 Å². The minimum atomic E-state index is -0.161. The van der Waals surface area contributed by atoms with Crippen LogP contribution in [-0.4, -0.2) is 49.6 Å². The minimum Gasteiger partial charge on any atom is -0.356 e. The first-order chi connectivity index (χ1) is 16.4. The fourth-order valence-electron chi connectivity index (χ4n) is 4.65. The molecule has 0 saturated carbocycles. The van der Waals surface area contributed by atoms with Gasteiger partial charge in [-0.3, -0.25) is 24.2 Å². The number of likely N-dealkylation sites (tertiary alicyclic amines) is 1. The molecule has 0 atom stereocenters. The number of aryl methyl sites for hydroxylation is 1. The summed E-state index contributed by atoms with van der Waals surface area (Å²) >= 11 is 0. The zero-order chi connectivity index (χ0) is 23.8. The summed E-state index contributed by atoms with van der Waals surface area (Å²) in [6.45, 7) is 7.01. The molecule has 2 aliphatic heterocycles. The third kappa shape index (κ3) is 4.05. The standard InChI is InChI=1S/C25H27N7O2/c1-15-4-7-26-12-21(15)22-10-20-23(13-27-22)30-25(34)24(20)16(2)29-18-11-28-32(14-18)19-5-8-31(9-6-19)17(3)33/h4,7,10-14,19,29H,5-6,8-9H2,1-3H3,(H,30,34)/b24-16-. The van der Waals surface area contributed by atoms with Gasteiger partial charge >= 0.3 is 0 Å². The lowest BCUT2D eigenvalue weighted by Crippen LogP contribution is -2.37. The molecule has 2 N–H and O–H groups in total. The predicted molar refractivity (Wildman–Crippen MR) is 130 cm³/mol. The Kier molecular flexibility index (Phi) is 5.61. The van der Waals surface area contributed by atoms with Gasteiger partial charge in [0.1, 0.15) is 0 Å². The molecule has 1 saturated heterocycles. The van der Waals surface area contributed by atoms with E-state index in [0.717, 1.165) is 59.7 Å². The van der Waals surface area contributed by atoms with Gasteiger partial charge in [0.2, 0.25) is 5.91 Å². The van der Waals surface area contributed by atoms with Crippen LogP contribution < -0.4 is 10.6 Å². The van der Waals surface area contributed by atoms with E-state index in [9.17, 15) is 9.59 Å². The van der Waals surface area contributed by atoms with Gasteiger partial charge in [-0.05, 0) is 44.4 Å². The van der Waals surface area contributed by atoms with Crippen molar-refractivity contribution in [2.75, 3.05) is 23.7 Å². The summed E-state index contributed by atoms with van der Waals surface area (Å²) in [7, 11) is 0. The molecule has 0 spiro atoms. The number of fused-ring (bicyclic) bond motifs is 1. The normalized spacial score (nSPS) is 17.4. The third-order valence-corrected chi connectivity index (χ3v) is 6.56. The van der Waals surface area contributed by atoms with Crippen molar-refractivity contribution in [1.29, 1.82) is 0 Å². The zero-order valence-electron chi connectivity index (χ0n) is 19.5. The molecule has 0 unspecified atom stereocenters. The van der Waals surface area contributed by atoms with Gasteiger partial charge in [0.25, 0.3) is 5.91 Å². The molecular formula is C25H27N7O2. The Morgan fingerprint density at radius 2 is 1.94 bits per heavy atom. The number of carbonyl (C=O) groups excluding carboxylic acids is 2. The second-order valence-electron chi connectivity index (χ2n) is 8.83. The largest absolute Gasteiger partial charge is 0.356 e. The SMILES string of the molecule is CC(=O)N1CCC(n2cc(N/C(C)=C3\C(=O)Nc4cnc(-c5cnccc5C)cc43)cn2)CC1. The highest BCUT2D eigenvalue weighted by Gasteiger charge is 2.28. The third-order valence-electron chi connectivity index (χ3n) is 6.56. The second kappa shape index (κ2) is 8.74. The molecule has 0 aromatic carbocycles. The van der Waals surface area contributed by atoms with E-state index in [-0.39, 0.29) is 17.9 Å². The Morgan fingerprint density at radius 1 is 1.15 bits per heavy atom. The summed E-state index contributed by atoms with van der Waals surface area (Å²) in [5, 5.41) is 10.8.